The average Bonchev–Trinajstić information content (AvgIpc) is 2.61. The van der Waals surface area contributed by atoms with E-state index in [-0.39, 0.29) is 16.2 Å². The quantitative estimate of drug-likeness (QED) is 0.455. The lowest BCUT2D eigenvalue weighted by atomic mass is 9.98. The first-order chi connectivity index (χ1) is 12.3. The molecule has 0 unspecified atom stereocenters. The lowest BCUT2D eigenvalue weighted by Crippen LogP contribution is -2.37. The highest BCUT2D eigenvalue weighted by Crippen LogP contribution is 2.36. The number of aromatic nitrogens is 3. The second-order valence-electron chi connectivity index (χ2n) is 5.61. The van der Waals surface area contributed by atoms with Gasteiger partial charge in [-0.15, -0.1) is 0 Å². The molecule has 0 saturated carbocycles. The van der Waals surface area contributed by atoms with Gasteiger partial charge in [-0.2, -0.15) is 0 Å². The molecule has 0 N–H and O–H groups in total. The zero-order chi connectivity index (χ0) is 19.2. The number of halogens is 3. The van der Waals surface area contributed by atoms with Crippen LogP contribution in [0.25, 0.3) is 22.2 Å². The van der Waals surface area contributed by atoms with Gasteiger partial charge in [0.1, 0.15) is 11.0 Å². The number of fused-ring (bicyclic) bond motifs is 1. The van der Waals surface area contributed by atoms with Crippen molar-refractivity contribution in [3.8, 4) is 11.1 Å². The predicted octanol–water partition coefficient (Wildman–Crippen LogP) is 2.90. The number of benzene rings is 1. The Kier molecular flexibility index (Phi) is 4.81. The number of aryl methyl sites for hydroxylation is 1. The Morgan fingerprint density at radius 2 is 1.96 bits per heavy atom. The van der Waals surface area contributed by atoms with Gasteiger partial charge < -0.3 is 0 Å². The van der Waals surface area contributed by atoms with Crippen LogP contribution in [-0.4, -0.2) is 27.4 Å². The van der Waals surface area contributed by atoms with Crippen molar-refractivity contribution in [3.05, 3.63) is 60.0 Å². The van der Waals surface area contributed by atoms with Gasteiger partial charge >= 0.3 is 5.69 Å². The maximum absolute atomic E-state index is 13.9. The summed E-state index contributed by atoms with van der Waals surface area (Å²) in [6.07, 6.45) is 1.45. The predicted molar refractivity (Wildman–Crippen MR) is 104 cm³/mol. The summed E-state index contributed by atoms with van der Waals surface area (Å²) >= 11 is 9.70. The van der Waals surface area contributed by atoms with Gasteiger partial charge in [-0.1, -0.05) is 27.5 Å². The summed E-state index contributed by atoms with van der Waals surface area (Å²) < 4.78 is 16.7. The first kappa shape index (κ1) is 18.5. The molecule has 0 saturated heterocycles. The summed E-state index contributed by atoms with van der Waals surface area (Å²) in [7, 11) is 4.41. The second kappa shape index (κ2) is 6.77. The fourth-order valence-electron chi connectivity index (χ4n) is 2.79. The molecule has 0 aliphatic rings. The summed E-state index contributed by atoms with van der Waals surface area (Å²) in [6.45, 7) is 0. The molecule has 2 aromatic heterocycles. The molecule has 0 amide bonds. The van der Waals surface area contributed by atoms with E-state index in [4.69, 9.17) is 11.6 Å². The van der Waals surface area contributed by atoms with Crippen molar-refractivity contribution < 1.29 is 4.39 Å². The molecule has 0 bridgehead atoms. The maximum Gasteiger partial charge on any atom is 0.332 e. The van der Waals surface area contributed by atoms with E-state index in [0.717, 1.165) is 4.57 Å². The van der Waals surface area contributed by atoms with Gasteiger partial charge in [-0.3, -0.25) is 18.9 Å². The fraction of sp³-hybridized carbons (Fsp3) is 0.176. The van der Waals surface area contributed by atoms with E-state index in [9.17, 15) is 14.0 Å². The van der Waals surface area contributed by atoms with Crippen molar-refractivity contribution in [1.29, 1.82) is 0 Å². The highest BCUT2D eigenvalue weighted by molar-refractivity contribution is 9.10. The van der Waals surface area contributed by atoms with E-state index in [1.165, 1.54) is 43.1 Å². The van der Waals surface area contributed by atoms with Crippen molar-refractivity contribution in [2.75, 3.05) is 7.05 Å². The molecule has 0 atom stereocenters. The van der Waals surface area contributed by atoms with Crippen LogP contribution in [0.3, 0.4) is 0 Å². The molecule has 3 rings (SSSR count). The summed E-state index contributed by atoms with van der Waals surface area (Å²) in [5.41, 5.74) is 0.153. The second-order valence-corrected chi connectivity index (χ2v) is 6.82. The monoisotopic (exact) mass is 438 g/mol. The SMILES string of the molecule is CN=Cc1c(Cl)nc2c(c1-c1cc(F)ccc1Br)c(=O)n(C)c(=O)n2C. The summed E-state index contributed by atoms with van der Waals surface area (Å²) in [5.74, 6) is -0.481. The molecule has 26 heavy (non-hydrogen) atoms. The van der Waals surface area contributed by atoms with E-state index in [2.05, 4.69) is 25.9 Å². The Morgan fingerprint density at radius 1 is 1.27 bits per heavy atom. The summed E-state index contributed by atoms with van der Waals surface area (Å²) in [5, 5.41) is 0.206. The lowest BCUT2D eigenvalue weighted by Gasteiger charge is -2.15. The Morgan fingerprint density at radius 3 is 2.62 bits per heavy atom. The number of pyridine rings is 1. The van der Waals surface area contributed by atoms with E-state index >= 15 is 0 Å². The highest BCUT2D eigenvalue weighted by atomic mass is 79.9. The maximum atomic E-state index is 13.9. The summed E-state index contributed by atoms with van der Waals surface area (Å²) in [6, 6.07) is 4.11. The fourth-order valence-corrected chi connectivity index (χ4v) is 3.46. The number of aliphatic imine (C=N–C) groups is 1. The van der Waals surface area contributed by atoms with Crippen LogP contribution in [-0.2, 0) is 14.1 Å². The van der Waals surface area contributed by atoms with Crippen LogP contribution >= 0.6 is 27.5 Å². The van der Waals surface area contributed by atoms with Crippen LogP contribution < -0.4 is 11.2 Å². The van der Waals surface area contributed by atoms with Crippen molar-refractivity contribution in [2.45, 2.75) is 0 Å². The summed E-state index contributed by atoms with van der Waals surface area (Å²) in [4.78, 5) is 33.3. The lowest BCUT2D eigenvalue weighted by molar-refractivity contribution is 0.628. The van der Waals surface area contributed by atoms with Crippen molar-refractivity contribution >= 4 is 44.8 Å². The Hall–Kier alpha value is -2.32. The van der Waals surface area contributed by atoms with Crippen LogP contribution in [0.15, 0.2) is 37.3 Å². The molecule has 0 spiro atoms. The standard InChI is InChI=1S/C17H13BrClFN4O2/c1-21-7-10-12(9-6-8(20)4-5-11(9)18)13-15(22-14(10)19)23(2)17(26)24(3)16(13)25/h4-7H,1-3H3. The van der Waals surface area contributed by atoms with E-state index in [1.807, 2.05) is 0 Å². The van der Waals surface area contributed by atoms with Crippen LogP contribution in [0.2, 0.25) is 5.15 Å². The van der Waals surface area contributed by atoms with Crippen LogP contribution in [0.4, 0.5) is 4.39 Å². The number of hydrogen-bond acceptors (Lipinski definition) is 4. The minimum atomic E-state index is -0.552. The van der Waals surface area contributed by atoms with Gasteiger partial charge in [-0.05, 0) is 18.2 Å². The molecule has 9 heteroatoms. The normalized spacial score (nSPS) is 11.6. The molecule has 6 nitrogen and oxygen atoms in total. The minimum Gasteiger partial charge on any atom is -0.296 e. The molecule has 134 valence electrons. The molecule has 0 radical (unpaired) electrons. The topological polar surface area (TPSA) is 69.2 Å². The molecule has 2 heterocycles. The van der Waals surface area contributed by atoms with Gasteiger partial charge in [0.25, 0.3) is 5.56 Å². The molecule has 0 aliphatic heterocycles. The average molecular weight is 440 g/mol. The van der Waals surface area contributed by atoms with E-state index in [0.29, 0.717) is 21.2 Å². The van der Waals surface area contributed by atoms with Crippen LogP contribution in [0, 0.1) is 5.82 Å². The number of rotatable bonds is 2. The van der Waals surface area contributed by atoms with Crippen LogP contribution in [0.1, 0.15) is 5.56 Å². The van der Waals surface area contributed by atoms with Gasteiger partial charge in [0.05, 0.1) is 5.39 Å². The van der Waals surface area contributed by atoms with Gasteiger partial charge in [0, 0.05) is 48.5 Å². The molecule has 0 aliphatic carbocycles. The molecule has 3 aromatic rings. The van der Waals surface area contributed by atoms with E-state index in [1.54, 1.807) is 7.05 Å². The zero-order valence-electron chi connectivity index (χ0n) is 14.0. The third-order valence-corrected chi connectivity index (χ3v) is 5.01. The number of nitrogens with zero attached hydrogens (tertiary/aromatic N) is 4. The van der Waals surface area contributed by atoms with E-state index < -0.39 is 17.1 Å². The number of hydrogen-bond donors (Lipinski definition) is 0. The zero-order valence-corrected chi connectivity index (χ0v) is 16.4. The van der Waals surface area contributed by atoms with Gasteiger partial charge in [0.2, 0.25) is 0 Å². The minimum absolute atomic E-state index is 0.0533. The van der Waals surface area contributed by atoms with Crippen LogP contribution in [0.5, 0.6) is 0 Å². The Bertz CT molecular complexity index is 1200. The van der Waals surface area contributed by atoms with Gasteiger partial charge in [0.15, 0.2) is 5.65 Å². The molecular weight excluding hydrogens is 427 g/mol. The van der Waals surface area contributed by atoms with Gasteiger partial charge in [-0.25, -0.2) is 14.2 Å². The third-order valence-electron chi connectivity index (χ3n) is 4.04. The Labute approximate surface area is 160 Å². The smallest absolute Gasteiger partial charge is 0.296 e. The van der Waals surface area contributed by atoms with Crippen molar-refractivity contribution in [3.63, 3.8) is 0 Å². The molecule has 0 fully saturated rings. The Balaban J connectivity index is 2.70. The highest BCUT2D eigenvalue weighted by Gasteiger charge is 2.22. The molecule has 1 aromatic carbocycles. The first-order valence-corrected chi connectivity index (χ1v) is 8.61. The molecular formula is C17H13BrClFN4O2. The largest absolute Gasteiger partial charge is 0.332 e. The third kappa shape index (κ3) is 2.79. The van der Waals surface area contributed by atoms with Crippen molar-refractivity contribution in [2.24, 2.45) is 19.1 Å². The first-order valence-electron chi connectivity index (χ1n) is 7.44. The van der Waals surface area contributed by atoms with Crippen molar-refractivity contribution in [1.82, 2.24) is 14.1 Å².